The van der Waals surface area contributed by atoms with Gasteiger partial charge in [0.1, 0.15) is 0 Å². The molecule has 1 N–H and O–H groups in total. The number of halogens is 1. The van der Waals surface area contributed by atoms with Gasteiger partial charge in [-0.1, -0.05) is 33.3 Å². The number of nitrogens with zero attached hydrogens (tertiary/aromatic N) is 2. The first-order valence-corrected chi connectivity index (χ1v) is 9.15. The minimum Gasteiger partial charge on any atom is -0.450 e. The predicted molar refractivity (Wildman–Crippen MR) is 95.3 cm³/mol. The third kappa shape index (κ3) is 3.76. The second-order valence-corrected chi connectivity index (χ2v) is 7.22. The standard InChI is InChI=1S/C16H16BrN3O3S/c1-2-23-16(22)19-15-18-12-6-7-20(9-13(12)24-15)14(21)10-4-3-5-11(17)8-10/h3-5,8H,2,6-7,9H2,1H3,(H,18,19,22). The van der Waals surface area contributed by atoms with Gasteiger partial charge in [-0.3, -0.25) is 10.1 Å². The van der Waals surface area contributed by atoms with Gasteiger partial charge in [-0.15, -0.1) is 0 Å². The van der Waals surface area contributed by atoms with Crippen molar-refractivity contribution in [3.05, 3.63) is 44.9 Å². The number of thiazole rings is 1. The van der Waals surface area contributed by atoms with Gasteiger partial charge in [0, 0.05) is 27.9 Å². The molecule has 2 amide bonds. The van der Waals surface area contributed by atoms with Crippen molar-refractivity contribution >= 4 is 44.4 Å². The van der Waals surface area contributed by atoms with Crippen LogP contribution in [0.4, 0.5) is 9.93 Å². The lowest BCUT2D eigenvalue weighted by atomic mass is 10.1. The Morgan fingerprint density at radius 1 is 1.46 bits per heavy atom. The maximum absolute atomic E-state index is 12.6. The molecule has 0 unspecified atom stereocenters. The van der Waals surface area contributed by atoms with Crippen LogP contribution in [-0.2, 0) is 17.7 Å². The van der Waals surface area contributed by atoms with E-state index in [1.807, 2.05) is 24.3 Å². The Bertz CT molecular complexity index is 778. The lowest BCUT2D eigenvalue weighted by molar-refractivity contribution is 0.0736. The van der Waals surface area contributed by atoms with Gasteiger partial charge >= 0.3 is 6.09 Å². The van der Waals surface area contributed by atoms with Crippen molar-refractivity contribution in [3.63, 3.8) is 0 Å². The van der Waals surface area contributed by atoms with Gasteiger partial charge in [-0.2, -0.15) is 0 Å². The number of hydrogen-bond donors (Lipinski definition) is 1. The fraction of sp³-hybridized carbons (Fsp3) is 0.312. The Morgan fingerprint density at radius 3 is 3.04 bits per heavy atom. The Morgan fingerprint density at radius 2 is 2.29 bits per heavy atom. The van der Waals surface area contributed by atoms with Crippen molar-refractivity contribution in [2.24, 2.45) is 0 Å². The summed E-state index contributed by atoms with van der Waals surface area (Å²) >= 11 is 4.77. The quantitative estimate of drug-likeness (QED) is 0.838. The molecule has 6 nitrogen and oxygen atoms in total. The molecule has 24 heavy (non-hydrogen) atoms. The molecular weight excluding hydrogens is 394 g/mol. The Balaban J connectivity index is 1.71. The highest BCUT2D eigenvalue weighted by Gasteiger charge is 2.25. The molecule has 126 valence electrons. The largest absolute Gasteiger partial charge is 0.450 e. The lowest BCUT2D eigenvalue weighted by Crippen LogP contribution is -2.35. The van der Waals surface area contributed by atoms with Crippen LogP contribution in [-0.4, -0.2) is 35.0 Å². The average Bonchev–Trinajstić information content (AvgIpc) is 2.95. The number of nitrogens with one attached hydrogen (secondary N) is 1. The van der Waals surface area contributed by atoms with Crippen molar-refractivity contribution in [1.29, 1.82) is 0 Å². The summed E-state index contributed by atoms with van der Waals surface area (Å²) in [6.45, 7) is 3.17. The van der Waals surface area contributed by atoms with E-state index < -0.39 is 6.09 Å². The molecule has 1 aromatic heterocycles. The minimum atomic E-state index is -0.509. The van der Waals surface area contributed by atoms with Crippen LogP contribution in [0.5, 0.6) is 0 Å². The number of carbonyl (C=O) groups is 2. The number of carbonyl (C=O) groups excluding carboxylic acids is 2. The van der Waals surface area contributed by atoms with Gasteiger partial charge < -0.3 is 9.64 Å². The van der Waals surface area contributed by atoms with E-state index in [9.17, 15) is 9.59 Å². The molecule has 0 atom stereocenters. The minimum absolute atomic E-state index is 0.00440. The van der Waals surface area contributed by atoms with E-state index in [1.54, 1.807) is 11.8 Å². The predicted octanol–water partition coefficient (Wildman–Crippen LogP) is 3.67. The van der Waals surface area contributed by atoms with Crippen LogP contribution in [0.3, 0.4) is 0 Å². The maximum atomic E-state index is 12.6. The number of amides is 2. The van der Waals surface area contributed by atoms with Gasteiger partial charge in [0.25, 0.3) is 5.91 Å². The van der Waals surface area contributed by atoms with Gasteiger partial charge in [-0.05, 0) is 25.1 Å². The summed E-state index contributed by atoms with van der Waals surface area (Å²) in [4.78, 5) is 31.3. The molecule has 3 rings (SSSR count). The second-order valence-electron chi connectivity index (χ2n) is 5.22. The van der Waals surface area contributed by atoms with Crippen LogP contribution < -0.4 is 5.32 Å². The molecule has 8 heteroatoms. The summed E-state index contributed by atoms with van der Waals surface area (Å²) in [5.41, 5.74) is 1.59. The number of rotatable bonds is 3. The third-order valence-corrected chi connectivity index (χ3v) is 5.07. The summed E-state index contributed by atoms with van der Waals surface area (Å²) in [5.74, 6) is -0.00440. The molecule has 0 spiro atoms. The highest BCUT2D eigenvalue weighted by molar-refractivity contribution is 9.10. The van der Waals surface area contributed by atoms with Gasteiger partial charge in [0.2, 0.25) is 0 Å². The fourth-order valence-corrected chi connectivity index (χ4v) is 3.89. The van der Waals surface area contributed by atoms with Crippen LogP contribution in [0.15, 0.2) is 28.7 Å². The molecule has 1 aliphatic heterocycles. The SMILES string of the molecule is CCOC(=O)Nc1nc2c(s1)CN(C(=O)c1cccc(Br)c1)CC2. The number of fused-ring (bicyclic) bond motifs is 1. The molecule has 2 heterocycles. The molecular formula is C16H16BrN3O3S. The Kier molecular flexibility index (Phi) is 5.15. The summed E-state index contributed by atoms with van der Waals surface area (Å²) in [6, 6.07) is 7.36. The fourth-order valence-electron chi connectivity index (χ4n) is 2.48. The number of aromatic nitrogens is 1. The second kappa shape index (κ2) is 7.31. The third-order valence-electron chi connectivity index (χ3n) is 3.57. The number of hydrogen-bond acceptors (Lipinski definition) is 5. The van der Waals surface area contributed by atoms with E-state index in [-0.39, 0.29) is 5.91 Å². The molecule has 0 aliphatic carbocycles. The van der Waals surface area contributed by atoms with E-state index in [0.29, 0.717) is 36.8 Å². The van der Waals surface area contributed by atoms with Crippen molar-refractivity contribution in [1.82, 2.24) is 9.88 Å². The number of benzene rings is 1. The molecule has 0 saturated heterocycles. The normalized spacial score (nSPS) is 13.3. The van der Waals surface area contributed by atoms with E-state index in [4.69, 9.17) is 4.74 Å². The summed E-state index contributed by atoms with van der Waals surface area (Å²) in [6.07, 6.45) is 0.168. The molecule has 2 aromatic rings. The molecule has 0 radical (unpaired) electrons. The van der Waals surface area contributed by atoms with Crippen LogP contribution in [0, 0.1) is 0 Å². The van der Waals surface area contributed by atoms with Crippen molar-refractivity contribution < 1.29 is 14.3 Å². The van der Waals surface area contributed by atoms with Gasteiger partial charge in [0.15, 0.2) is 5.13 Å². The van der Waals surface area contributed by atoms with Crippen LogP contribution in [0.2, 0.25) is 0 Å². The van der Waals surface area contributed by atoms with Crippen molar-refractivity contribution in [2.45, 2.75) is 19.9 Å². The van der Waals surface area contributed by atoms with Gasteiger partial charge in [0.05, 0.1) is 18.8 Å². The van der Waals surface area contributed by atoms with Crippen molar-refractivity contribution in [2.75, 3.05) is 18.5 Å². The van der Waals surface area contributed by atoms with Crippen LogP contribution in [0.25, 0.3) is 0 Å². The zero-order valence-corrected chi connectivity index (χ0v) is 15.4. The lowest BCUT2D eigenvalue weighted by Gasteiger charge is -2.26. The zero-order valence-electron chi connectivity index (χ0n) is 13.0. The van der Waals surface area contributed by atoms with E-state index in [2.05, 4.69) is 26.2 Å². The average molecular weight is 410 g/mol. The van der Waals surface area contributed by atoms with Crippen molar-refractivity contribution in [3.8, 4) is 0 Å². The first-order valence-electron chi connectivity index (χ1n) is 7.54. The highest BCUT2D eigenvalue weighted by Crippen LogP contribution is 2.29. The molecule has 1 aromatic carbocycles. The molecule has 0 saturated carbocycles. The Labute approximate surface area is 152 Å². The number of anilines is 1. The highest BCUT2D eigenvalue weighted by atomic mass is 79.9. The monoisotopic (exact) mass is 409 g/mol. The summed E-state index contributed by atoms with van der Waals surface area (Å²) < 4.78 is 5.73. The molecule has 0 bridgehead atoms. The Hall–Kier alpha value is -1.93. The van der Waals surface area contributed by atoms with Crippen LogP contribution >= 0.6 is 27.3 Å². The van der Waals surface area contributed by atoms with E-state index >= 15 is 0 Å². The first-order chi connectivity index (χ1) is 11.6. The topological polar surface area (TPSA) is 71.5 Å². The summed E-state index contributed by atoms with van der Waals surface area (Å²) in [5, 5.41) is 3.13. The molecule has 1 aliphatic rings. The van der Waals surface area contributed by atoms with E-state index in [1.165, 1.54) is 11.3 Å². The van der Waals surface area contributed by atoms with Gasteiger partial charge in [-0.25, -0.2) is 9.78 Å². The smallest absolute Gasteiger partial charge is 0.413 e. The first kappa shape index (κ1) is 16.9. The number of ether oxygens (including phenoxy) is 1. The van der Waals surface area contributed by atoms with E-state index in [0.717, 1.165) is 15.0 Å². The van der Waals surface area contributed by atoms with Crippen LogP contribution in [0.1, 0.15) is 27.9 Å². The molecule has 0 fully saturated rings. The zero-order chi connectivity index (χ0) is 17.1. The maximum Gasteiger partial charge on any atom is 0.413 e. The summed E-state index contributed by atoms with van der Waals surface area (Å²) in [7, 11) is 0.